The van der Waals surface area contributed by atoms with E-state index in [4.69, 9.17) is 5.11 Å². The number of aliphatic carboxylic acids is 1. The summed E-state index contributed by atoms with van der Waals surface area (Å²) >= 11 is 1.60. The number of nitrogens with one attached hydrogen (secondary N) is 1. The standard InChI is InChI=1S/C15H19NO3S/c1-9-3-6-12(20-2)8-13(9)14(17)16-11-5-4-10(7-11)15(18)19/h3,6,8,10-11H,4-5,7H2,1-2H3,(H,16,17)(H,18,19). The normalized spacial score (nSPS) is 21.7. The number of carbonyl (C=O) groups is 2. The van der Waals surface area contributed by atoms with E-state index in [0.29, 0.717) is 18.4 Å². The Morgan fingerprint density at radius 1 is 1.35 bits per heavy atom. The fourth-order valence-electron chi connectivity index (χ4n) is 2.57. The molecule has 0 bridgehead atoms. The van der Waals surface area contributed by atoms with Gasteiger partial charge in [-0.05, 0) is 50.1 Å². The van der Waals surface area contributed by atoms with Gasteiger partial charge in [0.25, 0.3) is 5.91 Å². The van der Waals surface area contributed by atoms with Gasteiger partial charge < -0.3 is 10.4 Å². The number of hydrogen-bond donors (Lipinski definition) is 2. The lowest BCUT2D eigenvalue weighted by molar-refractivity contribution is -0.141. The molecule has 1 fully saturated rings. The summed E-state index contributed by atoms with van der Waals surface area (Å²) in [5, 5.41) is 11.9. The Bertz CT molecular complexity index is 530. The average Bonchev–Trinajstić information content (AvgIpc) is 2.88. The van der Waals surface area contributed by atoms with E-state index in [0.717, 1.165) is 16.9 Å². The van der Waals surface area contributed by atoms with Crippen molar-refractivity contribution in [3.8, 4) is 0 Å². The highest BCUT2D eigenvalue weighted by molar-refractivity contribution is 7.98. The summed E-state index contributed by atoms with van der Waals surface area (Å²) in [6, 6.07) is 5.79. The smallest absolute Gasteiger partial charge is 0.306 e. The molecular weight excluding hydrogens is 274 g/mol. The number of carboxylic acids is 1. The molecule has 1 aliphatic rings. The Hall–Kier alpha value is -1.49. The summed E-state index contributed by atoms with van der Waals surface area (Å²) in [5.74, 6) is -1.18. The van der Waals surface area contributed by atoms with E-state index in [1.807, 2.05) is 31.4 Å². The van der Waals surface area contributed by atoms with Gasteiger partial charge in [-0.3, -0.25) is 9.59 Å². The lowest BCUT2D eigenvalue weighted by Gasteiger charge is -2.14. The third-order valence-electron chi connectivity index (χ3n) is 3.81. The second-order valence-corrected chi connectivity index (χ2v) is 6.08. The van der Waals surface area contributed by atoms with Crippen LogP contribution in [0.2, 0.25) is 0 Å². The van der Waals surface area contributed by atoms with Crippen LogP contribution in [0.25, 0.3) is 0 Å². The van der Waals surface area contributed by atoms with Gasteiger partial charge >= 0.3 is 5.97 Å². The minimum atomic E-state index is -0.762. The molecule has 1 aromatic carbocycles. The largest absolute Gasteiger partial charge is 0.481 e. The topological polar surface area (TPSA) is 66.4 Å². The van der Waals surface area contributed by atoms with Crippen molar-refractivity contribution in [3.05, 3.63) is 29.3 Å². The van der Waals surface area contributed by atoms with Gasteiger partial charge in [0.15, 0.2) is 0 Å². The van der Waals surface area contributed by atoms with Crippen LogP contribution in [-0.2, 0) is 4.79 Å². The molecule has 1 aromatic rings. The third-order valence-corrected chi connectivity index (χ3v) is 4.53. The minimum absolute atomic E-state index is 0.0269. The number of carbonyl (C=O) groups excluding carboxylic acids is 1. The zero-order valence-corrected chi connectivity index (χ0v) is 12.5. The first-order valence-electron chi connectivity index (χ1n) is 6.69. The van der Waals surface area contributed by atoms with Crippen LogP contribution in [0, 0.1) is 12.8 Å². The van der Waals surface area contributed by atoms with Gasteiger partial charge in [0.2, 0.25) is 0 Å². The Balaban J connectivity index is 2.04. The summed E-state index contributed by atoms with van der Waals surface area (Å²) in [4.78, 5) is 24.3. The maximum absolute atomic E-state index is 12.3. The summed E-state index contributed by atoms with van der Waals surface area (Å²) in [5.41, 5.74) is 1.61. The molecule has 0 aromatic heterocycles. The van der Waals surface area contributed by atoms with Crippen LogP contribution in [0.4, 0.5) is 0 Å². The zero-order valence-electron chi connectivity index (χ0n) is 11.7. The van der Waals surface area contributed by atoms with Crippen molar-refractivity contribution in [1.82, 2.24) is 5.32 Å². The molecule has 5 heteroatoms. The highest BCUT2D eigenvalue weighted by Gasteiger charge is 2.30. The van der Waals surface area contributed by atoms with E-state index >= 15 is 0 Å². The summed E-state index contributed by atoms with van der Waals surface area (Å²) < 4.78 is 0. The molecule has 20 heavy (non-hydrogen) atoms. The average molecular weight is 293 g/mol. The molecule has 0 aliphatic heterocycles. The van der Waals surface area contributed by atoms with Gasteiger partial charge in [-0.1, -0.05) is 6.07 Å². The fourth-order valence-corrected chi connectivity index (χ4v) is 3.01. The summed E-state index contributed by atoms with van der Waals surface area (Å²) in [6.07, 6.45) is 3.89. The molecule has 1 aliphatic carbocycles. The molecule has 2 rings (SSSR count). The van der Waals surface area contributed by atoms with Gasteiger partial charge in [-0.2, -0.15) is 0 Å². The van der Waals surface area contributed by atoms with E-state index in [2.05, 4.69) is 5.32 Å². The van der Waals surface area contributed by atoms with Crippen molar-refractivity contribution in [1.29, 1.82) is 0 Å². The number of benzene rings is 1. The van der Waals surface area contributed by atoms with Crippen LogP contribution in [0.5, 0.6) is 0 Å². The van der Waals surface area contributed by atoms with Crippen molar-refractivity contribution in [2.24, 2.45) is 5.92 Å². The second-order valence-electron chi connectivity index (χ2n) is 5.20. The van der Waals surface area contributed by atoms with Crippen molar-refractivity contribution >= 4 is 23.6 Å². The molecule has 2 atom stereocenters. The Kier molecular flexibility index (Phi) is 4.70. The van der Waals surface area contributed by atoms with Gasteiger partial charge in [-0.15, -0.1) is 11.8 Å². The SMILES string of the molecule is CSc1ccc(C)c(C(=O)NC2CCC(C(=O)O)C2)c1. The van der Waals surface area contributed by atoms with E-state index in [1.54, 1.807) is 11.8 Å². The molecule has 0 radical (unpaired) electrons. The first kappa shape index (κ1) is 14.9. The molecule has 1 amide bonds. The number of thioether (sulfide) groups is 1. The number of amides is 1. The predicted octanol–water partition coefficient (Wildman–Crippen LogP) is 2.70. The molecule has 0 saturated heterocycles. The van der Waals surface area contributed by atoms with E-state index in [1.165, 1.54) is 0 Å². The first-order chi connectivity index (χ1) is 9.51. The summed E-state index contributed by atoms with van der Waals surface area (Å²) in [6.45, 7) is 1.91. The molecule has 1 saturated carbocycles. The highest BCUT2D eigenvalue weighted by Crippen LogP contribution is 2.26. The Morgan fingerprint density at radius 2 is 2.10 bits per heavy atom. The highest BCUT2D eigenvalue weighted by atomic mass is 32.2. The maximum atomic E-state index is 12.3. The lowest BCUT2D eigenvalue weighted by atomic mass is 10.1. The predicted molar refractivity (Wildman–Crippen MR) is 79.2 cm³/mol. The van der Waals surface area contributed by atoms with Gasteiger partial charge in [-0.25, -0.2) is 0 Å². The number of rotatable bonds is 4. The molecule has 2 N–H and O–H groups in total. The van der Waals surface area contributed by atoms with Crippen LogP contribution in [-0.4, -0.2) is 29.3 Å². The second kappa shape index (κ2) is 6.31. The Morgan fingerprint density at radius 3 is 2.70 bits per heavy atom. The van der Waals surface area contributed by atoms with Gasteiger partial charge in [0, 0.05) is 16.5 Å². The third kappa shape index (κ3) is 3.33. The minimum Gasteiger partial charge on any atom is -0.481 e. The van der Waals surface area contributed by atoms with Crippen LogP contribution in [0.1, 0.15) is 35.2 Å². The van der Waals surface area contributed by atoms with Crippen LogP contribution in [0.3, 0.4) is 0 Å². The van der Waals surface area contributed by atoms with Crippen molar-refractivity contribution in [2.75, 3.05) is 6.26 Å². The Labute approximate surface area is 123 Å². The van der Waals surface area contributed by atoms with E-state index < -0.39 is 5.97 Å². The van der Waals surface area contributed by atoms with Crippen LogP contribution < -0.4 is 5.32 Å². The van der Waals surface area contributed by atoms with Crippen molar-refractivity contribution in [3.63, 3.8) is 0 Å². The lowest BCUT2D eigenvalue weighted by Crippen LogP contribution is -2.33. The van der Waals surface area contributed by atoms with Gasteiger partial charge in [0.1, 0.15) is 0 Å². The zero-order chi connectivity index (χ0) is 14.7. The quantitative estimate of drug-likeness (QED) is 0.838. The molecule has 0 spiro atoms. The van der Waals surface area contributed by atoms with Crippen LogP contribution in [0.15, 0.2) is 23.1 Å². The first-order valence-corrected chi connectivity index (χ1v) is 7.92. The van der Waals surface area contributed by atoms with Crippen molar-refractivity contribution in [2.45, 2.75) is 37.1 Å². The van der Waals surface area contributed by atoms with Crippen molar-refractivity contribution < 1.29 is 14.7 Å². The van der Waals surface area contributed by atoms with Crippen LogP contribution >= 0.6 is 11.8 Å². The molecule has 4 nitrogen and oxygen atoms in total. The number of carboxylic acid groups (broad SMARTS) is 1. The fraction of sp³-hybridized carbons (Fsp3) is 0.467. The monoisotopic (exact) mass is 293 g/mol. The number of hydrogen-bond acceptors (Lipinski definition) is 3. The molecule has 0 heterocycles. The molecule has 2 unspecified atom stereocenters. The van der Waals surface area contributed by atoms with E-state index in [-0.39, 0.29) is 17.9 Å². The maximum Gasteiger partial charge on any atom is 0.306 e. The van der Waals surface area contributed by atoms with Gasteiger partial charge in [0.05, 0.1) is 5.92 Å². The number of aryl methyl sites for hydroxylation is 1. The molecular formula is C15H19NO3S. The van der Waals surface area contributed by atoms with E-state index in [9.17, 15) is 9.59 Å². The summed E-state index contributed by atoms with van der Waals surface area (Å²) in [7, 11) is 0. The molecule has 108 valence electrons.